The number of hydrogen-bond acceptors (Lipinski definition) is 8. The first kappa shape index (κ1) is 24.2. The first-order valence-corrected chi connectivity index (χ1v) is 14.0. The average molecular weight is 507 g/mol. The van der Waals surface area contributed by atoms with Crippen molar-refractivity contribution in [2.24, 2.45) is 0 Å². The molecule has 4 heterocycles. The maximum atomic E-state index is 11.9. The molecule has 0 spiro atoms. The van der Waals surface area contributed by atoms with E-state index in [9.17, 15) is 8.42 Å². The van der Waals surface area contributed by atoms with E-state index in [2.05, 4.69) is 31.4 Å². The predicted octanol–water partition coefficient (Wildman–Crippen LogP) is 4.59. The van der Waals surface area contributed by atoms with Crippen LogP contribution in [-0.2, 0) is 9.84 Å². The zero-order valence-electron chi connectivity index (χ0n) is 20.9. The zero-order chi connectivity index (χ0) is 25.4. The normalized spacial score (nSPS) is 18.3. The van der Waals surface area contributed by atoms with Crippen molar-refractivity contribution in [3.8, 4) is 16.9 Å². The van der Waals surface area contributed by atoms with E-state index >= 15 is 0 Å². The van der Waals surface area contributed by atoms with Crippen molar-refractivity contribution < 1.29 is 13.2 Å². The van der Waals surface area contributed by atoms with Crippen LogP contribution in [0.15, 0.2) is 42.7 Å². The summed E-state index contributed by atoms with van der Waals surface area (Å²) in [6.07, 6.45) is 7.66. The molecule has 0 atom stereocenters. The maximum absolute atomic E-state index is 11.9. The Morgan fingerprint density at radius 1 is 0.972 bits per heavy atom. The summed E-state index contributed by atoms with van der Waals surface area (Å²) in [4.78, 5) is 13.2. The Balaban J connectivity index is 1.39. The van der Waals surface area contributed by atoms with E-state index in [0.717, 1.165) is 28.0 Å². The number of hydrogen-bond donors (Lipinski definition) is 1. The highest BCUT2D eigenvalue weighted by atomic mass is 32.2. The van der Waals surface area contributed by atoms with Crippen molar-refractivity contribution in [2.45, 2.75) is 57.8 Å². The molecule has 10 heteroatoms. The molecule has 4 aromatic heterocycles. The third kappa shape index (κ3) is 5.33. The summed E-state index contributed by atoms with van der Waals surface area (Å²) in [5.74, 6) is 2.80. The van der Waals surface area contributed by atoms with E-state index in [1.165, 1.54) is 6.26 Å². The molecule has 1 aliphatic rings. The van der Waals surface area contributed by atoms with Crippen LogP contribution in [0.25, 0.3) is 16.6 Å². The van der Waals surface area contributed by atoms with Crippen molar-refractivity contribution in [3.63, 3.8) is 0 Å². The van der Waals surface area contributed by atoms with Gasteiger partial charge in [-0.15, -0.1) is 0 Å². The van der Waals surface area contributed by atoms with Gasteiger partial charge >= 0.3 is 0 Å². The van der Waals surface area contributed by atoms with Crippen LogP contribution in [0.5, 0.6) is 5.75 Å². The number of anilines is 2. The molecule has 36 heavy (non-hydrogen) atoms. The Kier molecular flexibility index (Phi) is 6.38. The van der Waals surface area contributed by atoms with E-state index < -0.39 is 9.84 Å². The number of aryl methyl sites for hydroxylation is 3. The summed E-state index contributed by atoms with van der Waals surface area (Å²) in [5, 5.41) is 7.61. The molecule has 0 radical (unpaired) electrons. The number of sulfone groups is 1. The molecule has 0 aliphatic heterocycles. The van der Waals surface area contributed by atoms with Crippen LogP contribution in [0.1, 0.15) is 42.9 Å². The number of aromatic nitrogens is 5. The smallest absolute Gasteiger partial charge is 0.154 e. The number of nitrogens with one attached hydrogen (secondary N) is 1. The molecule has 1 aliphatic carbocycles. The van der Waals surface area contributed by atoms with E-state index in [1.54, 1.807) is 6.20 Å². The number of fused-ring (bicyclic) bond motifs is 1. The third-order valence-electron chi connectivity index (χ3n) is 6.52. The van der Waals surface area contributed by atoms with Crippen molar-refractivity contribution in [1.29, 1.82) is 0 Å². The maximum Gasteiger partial charge on any atom is 0.154 e. The highest BCUT2D eigenvalue weighted by molar-refractivity contribution is 7.91. The molecule has 1 saturated carbocycles. The first-order chi connectivity index (χ1) is 17.1. The van der Waals surface area contributed by atoms with Crippen LogP contribution in [0.4, 0.5) is 11.6 Å². The Morgan fingerprint density at radius 3 is 2.47 bits per heavy atom. The predicted molar refractivity (Wildman–Crippen MR) is 139 cm³/mol. The molecular weight excluding hydrogens is 476 g/mol. The average Bonchev–Trinajstić information content (AvgIpc) is 3.20. The Morgan fingerprint density at radius 2 is 1.75 bits per heavy atom. The van der Waals surface area contributed by atoms with Gasteiger partial charge in [0.1, 0.15) is 27.2 Å². The Labute approximate surface area is 210 Å². The second kappa shape index (κ2) is 9.50. The van der Waals surface area contributed by atoms with E-state index in [-0.39, 0.29) is 11.4 Å². The van der Waals surface area contributed by atoms with Crippen LogP contribution >= 0.6 is 0 Å². The molecule has 0 unspecified atom stereocenters. The fourth-order valence-electron chi connectivity index (χ4n) is 4.76. The Bertz CT molecular complexity index is 1500. The van der Waals surface area contributed by atoms with E-state index in [4.69, 9.17) is 4.74 Å². The topological polar surface area (TPSA) is 111 Å². The second-order valence-electron chi connectivity index (χ2n) is 9.55. The SMILES string of the molecule is Cc1cc(-c2ccn3nc(Nc4cc(C)nc(C)n4)cc3c2)c(OC2CCC(S(C)(=O)=O)CC2)cn1. The van der Waals surface area contributed by atoms with Crippen LogP contribution in [0.2, 0.25) is 0 Å². The zero-order valence-corrected chi connectivity index (χ0v) is 21.7. The lowest BCUT2D eigenvalue weighted by atomic mass is 9.97. The first-order valence-electron chi connectivity index (χ1n) is 12.1. The van der Waals surface area contributed by atoms with Gasteiger partial charge in [0, 0.05) is 41.5 Å². The number of pyridine rings is 2. The lowest BCUT2D eigenvalue weighted by Gasteiger charge is -2.28. The molecule has 1 fully saturated rings. The van der Waals surface area contributed by atoms with Gasteiger partial charge in [-0.25, -0.2) is 22.9 Å². The summed E-state index contributed by atoms with van der Waals surface area (Å²) in [7, 11) is -3.01. The summed E-state index contributed by atoms with van der Waals surface area (Å²) >= 11 is 0. The van der Waals surface area contributed by atoms with Crippen molar-refractivity contribution >= 4 is 27.0 Å². The molecule has 4 aromatic rings. The minimum absolute atomic E-state index is 0.0273. The molecule has 188 valence electrons. The Hall–Kier alpha value is -3.53. The quantitative estimate of drug-likeness (QED) is 0.404. The van der Waals surface area contributed by atoms with Crippen LogP contribution in [0, 0.1) is 20.8 Å². The third-order valence-corrected chi connectivity index (χ3v) is 8.20. The monoisotopic (exact) mass is 506 g/mol. The van der Waals surface area contributed by atoms with Gasteiger partial charge in [-0.3, -0.25) is 4.98 Å². The van der Waals surface area contributed by atoms with Gasteiger partial charge in [-0.2, -0.15) is 5.10 Å². The number of rotatable bonds is 6. The fraction of sp³-hybridized carbons (Fsp3) is 0.385. The highest BCUT2D eigenvalue weighted by Gasteiger charge is 2.29. The van der Waals surface area contributed by atoms with Gasteiger partial charge in [0.15, 0.2) is 5.82 Å². The number of ether oxygens (including phenoxy) is 1. The van der Waals surface area contributed by atoms with Crippen molar-refractivity contribution in [1.82, 2.24) is 24.6 Å². The molecular formula is C26H30N6O3S. The van der Waals surface area contributed by atoms with Crippen LogP contribution in [-0.4, -0.2) is 50.6 Å². The molecule has 0 amide bonds. The summed E-state index contributed by atoms with van der Waals surface area (Å²) in [5.41, 5.74) is 4.65. The second-order valence-corrected chi connectivity index (χ2v) is 11.9. The van der Waals surface area contributed by atoms with E-state index in [0.29, 0.717) is 48.9 Å². The van der Waals surface area contributed by atoms with Crippen molar-refractivity contribution in [3.05, 3.63) is 59.9 Å². The van der Waals surface area contributed by atoms with Gasteiger partial charge in [0.05, 0.1) is 23.1 Å². The van der Waals surface area contributed by atoms with Gasteiger partial charge < -0.3 is 10.1 Å². The van der Waals surface area contributed by atoms with Gasteiger partial charge in [0.2, 0.25) is 0 Å². The summed E-state index contributed by atoms with van der Waals surface area (Å²) in [6, 6.07) is 9.94. The van der Waals surface area contributed by atoms with E-state index in [1.807, 2.05) is 55.7 Å². The molecule has 9 nitrogen and oxygen atoms in total. The van der Waals surface area contributed by atoms with Gasteiger partial charge in [-0.1, -0.05) is 0 Å². The molecule has 0 aromatic carbocycles. The summed E-state index contributed by atoms with van der Waals surface area (Å²) in [6.45, 7) is 5.75. The molecule has 5 rings (SSSR count). The number of nitrogens with zero attached hydrogens (tertiary/aromatic N) is 5. The minimum atomic E-state index is -3.01. The van der Waals surface area contributed by atoms with Crippen LogP contribution < -0.4 is 10.1 Å². The van der Waals surface area contributed by atoms with Crippen LogP contribution in [0.3, 0.4) is 0 Å². The minimum Gasteiger partial charge on any atom is -0.488 e. The lowest BCUT2D eigenvalue weighted by Crippen LogP contribution is -2.31. The largest absolute Gasteiger partial charge is 0.488 e. The van der Waals surface area contributed by atoms with Crippen molar-refractivity contribution in [2.75, 3.05) is 11.6 Å². The molecule has 0 saturated heterocycles. The lowest BCUT2D eigenvalue weighted by molar-refractivity contribution is 0.156. The fourth-order valence-corrected chi connectivity index (χ4v) is 5.89. The molecule has 1 N–H and O–H groups in total. The van der Waals surface area contributed by atoms with Gasteiger partial charge in [0.25, 0.3) is 0 Å². The van der Waals surface area contributed by atoms with Gasteiger partial charge in [-0.05, 0) is 70.2 Å². The summed E-state index contributed by atoms with van der Waals surface area (Å²) < 4.78 is 32.0. The molecule has 0 bridgehead atoms. The highest BCUT2D eigenvalue weighted by Crippen LogP contribution is 2.34. The standard InChI is InChI=1S/C26H30N6O3S/c1-16-11-23(24(15-27-16)35-21-5-7-22(8-6-21)36(4,33)34)19-9-10-32-20(13-19)14-26(31-32)30-25-12-17(2)28-18(3)29-25/h9-15,21-22H,5-8H2,1-4H3,(H,28,29,30,31).